The molecule has 0 fully saturated rings. The molecule has 0 radical (unpaired) electrons. The maximum absolute atomic E-state index is 5.45. The lowest BCUT2D eigenvalue weighted by Gasteiger charge is -2.17. The first-order valence-electron chi connectivity index (χ1n) is 5.76. The number of halogens is 3. The van der Waals surface area contributed by atoms with Crippen molar-refractivity contribution in [2.24, 2.45) is 0 Å². The smallest absolute Gasteiger partial charge is 0.123 e. The second-order valence-corrected chi connectivity index (χ2v) is 7.00. The van der Waals surface area contributed by atoms with Crippen molar-refractivity contribution in [1.29, 1.82) is 0 Å². The van der Waals surface area contributed by atoms with Crippen LogP contribution in [-0.2, 0) is 0 Å². The molecule has 4 heteroatoms. The van der Waals surface area contributed by atoms with Crippen LogP contribution in [0.5, 0.6) is 5.75 Å². The van der Waals surface area contributed by atoms with Crippen molar-refractivity contribution < 1.29 is 4.74 Å². The maximum Gasteiger partial charge on any atom is 0.123 e. The van der Waals surface area contributed by atoms with Crippen LogP contribution in [0.1, 0.15) is 21.5 Å². The highest BCUT2D eigenvalue weighted by molar-refractivity contribution is 9.10. The van der Waals surface area contributed by atoms with Gasteiger partial charge in [0.15, 0.2) is 0 Å². The minimum Gasteiger partial charge on any atom is -0.496 e. The lowest BCUT2D eigenvalue weighted by atomic mass is 10.00. The Kier molecular flexibility index (Phi) is 5.09. The lowest BCUT2D eigenvalue weighted by Crippen LogP contribution is -1.99. The van der Waals surface area contributed by atoms with Gasteiger partial charge in [-0.3, -0.25) is 0 Å². The van der Waals surface area contributed by atoms with Crippen LogP contribution in [-0.4, -0.2) is 7.11 Å². The molecule has 0 aliphatic rings. The van der Waals surface area contributed by atoms with Gasteiger partial charge >= 0.3 is 0 Å². The summed E-state index contributed by atoms with van der Waals surface area (Å²) in [4.78, 5) is 0.105. The molecule has 0 amide bonds. The highest BCUT2D eigenvalue weighted by Gasteiger charge is 2.17. The molecule has 0 saturated heterocycles. The van der Waals surface area contributed by atoms with Crippen molar-refractivity contribution in [2.75, 3.05) is 7.11 Å². The van der Waals surface area contributed by atoms with Crippen LogP contribution in [0.15, 0.2) is 45.3 Å². The van der Waals surface area contributed by atoms with Gasteiger partial charge in [-0.2, -0.15) is 0 Å². The topological polar surface area (TPSA) is 9.23 Å². The van der Waals surface area contributed by atoms with Crippen molar-refractivity contribution in [3.05, 3.63) is 62.0 Å². The van der Waals surface area contributed by atoms with E-state index in [1.807, 2.05) is 12.1 Å². The summed E-state index contributed by atoms with van der Waals surface area (Å²) in [6, 6.07) is 12.3. The van der Waals surface area contributed by atoms with Gasteiger partial charge in [-0.15, -0.1) is 0 Å². The van der Waals surface area contributed by atoms with Gasteiger partial charge < -0.3 is 4.74 Å². The van der Waals surface area contributed by atoms with Gasteiger partial charge in [-0.25, -0.2) is 0 Å². The second-order valence-electron chi connectivity index (χ2n) is 4.25. The summed E-state index contributed by atoms with van der Waals surface area (Å²) < 4.78 is 7.58. The summed E-state index contributed by atoms with van der Waals surface area (Å²) in [6.45, 7) is 2.11. The third kappa shape index (κ3) is 3.41. The van der Waals surface area contributed by atoms with Crippen LogP contribution in [0.2, 0.25) is 0 Å². The van der Waals surface area contributed by atoms with Crippen molar-refractivity contribution in [3.63, 3.8) is 0 Å². The van der Waals surface area contributed by atoms with E-state index in [9.17, 15) is 0 Å². The molecule has 0 N–H and O–H groups in total. The molecule has 100 valence electrons. The van der Waals surface area contributed by atoms with E-state index in [1.165, 1.54) is 11.1 Å². The molecule has 0 spiro atoms. The monoisotopic (exact) mass is 446 g/mol. The number of benzene rings is 2. The van der Waals surface area contributed by atoms with E-state index < -0.39 is 0 Å². The number of hydrogen-bond donors (Lipinski definition) is 0. The van der Waals surface area contributed by atoms with Gasteiger partial charge in [0.1, 0.15) is 5.75 Å². The van der Waals surface area contributed by atoms with Crippen LogP contribution in [0.3, 0.4) is 0 Å². The zero-order chi connectivity index (χ0) is 14.0. The van der Waals surface area contributed by atoms with E-state index in [-0.39, 0.29) is 4.83 Å². The van der Waals surface area contributed by atoms with Crippen molar-refractivity contribution in [1.82, 2.24) is 0 Å². The zero-order valence-electron chi connectivity index (χ0n) is 10.6. The molecule has 0 saturated carbocycles. The summed E-state index contributed by atoms with van der Waals surface area (Å²) >= 11 is 10.8. The molecule has 19 heavy (non-hydrogen) atoms. The molecule has 2 aromatic carbocycles. The molecular weight excluding hydrogens is 436 g/mol. The van der Waals surface area contributed by atoms with E-state index in [0.717, 1.165) is 20.3 Å². The van der Waals surface area contributed by atoms with E-state index in [4.69, 9.17) is 4.74 Å². The molecule has 2 rings (SSSR count). The van der Waals surface area contributed by atoms with Crippen LogP contribution in [0.4, 0.5) is 0 Å². The molecule has 0 heterocycles. The minimum atomic E-state index is 0.105. The number of rotatable bonds is 3. The first-order valence-corrected chi connectivity index (χ1v) is 8.26. The summed E-state index contributed by atoms with van der Waals surface area (Å²) in [5, 5.41) is 0. The third-order valence-electron chi connectivity index (χ3n) is 2.97. The fraction of sp³-hybridized carbons (Fsp3) is 0.200. The Hall–Kier alpha value is -0.320. The summed E-state index contributed by atoms with van der Waals surface area (Å²) in [6.07, 6.45) is 0. The van der Waals surface area contributed by atoms with Gasteiger partial charge in [0.05, 0.1) is 11.9 Å². The molecule has 1 unspecified atom stereocenters. The fourth-order valence-electron chi connectivity index (χ4n) is 1.99. The Labute approximate surface area is 138 Å². The van der Waals surface area contributed by atoms with Crippen LogP contribution >= 0.6 is 47.8 Å². The predicted molar refractivity (Wildman–Crippen MR) is 90.3 cm³/mol. The van der Waals surface area contributed by atoms with Gasteiger partial charge in [0.2, 0.25) is 0 Å². The molecule has 0 aliphatic heterocycles. The fourth-order valence-corrected chi connectivity index (χ4v) is 3.72. The van der Waals surface area contributed by atoms with E-state index in [1.54, 1.807) is 7.11 Å². The third-order valence-corrected chi connectivity index (χ3v) is 4.94. The zero-order valence-corrected chi connectivity index (χ0v) is 15.3. The average Bonchev–Trinajstić information content (AvgIpc) is 2.38. The number of hydrogen-bond acceptors (Lipinski definition) is 1. The Balaban J connectivity index is 2.49. The number of alkyl halides is 1. The van der Waals surface area contributed by atoms with E-state index in [2.05, 4.69) is 79.0 Å². The average molecular weight is 449 g/mol. The van der Waals surface area contributed by atoms with Crippen molar-refractivity contribution >= 4 is 47.8 Å². The summed E-state index contributed by atoms with van der Waals surface area (Å²) in [7, 11) is 1.70. The Morgan fingerprint density at radius 3 is 2.21 bits per heavy atom. The molecule has 0 aliphatic carbocycles. The van der Waals surface area contributed by atoms with E-state index in [0.29, 0.717) is 0 Å². The minimum absolute atomic E-state index is 0.105. The first kappa shape index (κ1) is 15.1. The van der Waals surface area contributed by atoms with Gasteiger partial charge in [0.25, 0.3) is 0 Å². The summed E-state index contributed by atoms with van der Waals surface area (Å²) in [5.74, 6) is 0.882. The van der Waals surface area contributed by atoms with Gasteiger partial charge in [-0.05, 0) is 48.4 Å². The predicted octanol–water partition coefficient (Wildman–Crippen LogP) is 6.01. The molecule has 1 nitrogen and oxygen atoms in total. The second kappa shape index (κ2) is 6.42. The van der Waals surface area contributed by atoms with E-state index >= 15 is 0 Å². The molecule has 2 aromatic rings. The Morgan fingerprint density at radius 1 is 0.947 bits per heavy atom. The van der Waals surface area contributed by atoms with Crippen molar-refractivity contribution in [2.45, 2.75) is 11.8 Å². The highest BCUT2D eigenvalue weighted by Crippen LogP contribution is 2.39. The van der Waals surface area contributed by atoms with Crippen LogP contribution < -0.4 is 4.74 Å². The normalized spacial score (nSPS) is 12.3. The number of methoxy groups -OCH3 is 1. The van der Waals surface area contributed by atoms with Gasteiger partial charge in [0, 0.05) is 14.5 Å². The molecule has 1 atom stereocenters. The standard InChI is InChI=1S/C15H13Br3O/c1-9-7-10(16)3-5-12(9)15(18)13-8-11(17)4-6-14(13)19-2/h3-8,15H,1-2H3. The van der Waals surface area contributed by atoms with Gasteiger partial charge in [-0.1, -0.05) is 53.9 Å². The van der Waals surface area contributed by atoms with Crippen LogP contribution in [0.25, 0.3) is 0 Å². The maximum atomic E-state index is 5.45. The van der Waals surface area contributed by atoms with Crippen LogP contribution in [0, 0.1) is 6.92 Å². The SMILES string of the molecule is COc1ccc(Br)cc1C(Br)c1ccc(Br)cc1C. The number of ether oxygens (including phenoxy) is 1. The number of aryl methyl sites for hydroxylation is 1. The first-order chi connectivity index (χ1) is 9.02. The highest BCUT2D eigenvalue weighted by atomic mass is 79.9. The Bertz CT molecular complexity index is 596. The lowest BCUT2D eigenvalue weighted by molar-refractivity contribution is 0.410. The molecule has 0 aromatic heterocycles. The van der Waals surface area contributed by atoms with Crippen molar-refractivity contribution in [3.8, 4) is 5.75 Å². The Morgan fingerprint density at radius 2 is 1.58 bits per heavy atom. The largest absolute Gasteiger partial charge is 0.496 e. The molecule has 0 bridgehead atoms. The molecular formula is C15H13Br3O. The summed E-state index contributed by atoms with van der Waals surface area (Å²) in [5.41, 5.74) is 3.58. The quantitative estimate of drug-likeness (QED) is 0.522.